The van der Waals surface area contributed by atoms with Gasteiger partial charge in [0.2, 0.25) is 0 Å². The van der Waals surface area contributed by atoms with E-state index in [1.807, 2.05) is 0 Å². The van der Waals surface area contributed by atoms with Gasteiger partial charge < -0.3 is 10.2 Å². The first-order chi connectivity index (χ1) is 9.49. The number of carbonyl (C=O) groups is 1. The molecule has 0 fully saturated rings. The molecule has 0 spiro atoms. The molecule has 0 bridgehead atoms. The molecule has 0 radical (unpaired) electrons. The van der Waals surface area contributed by atoms with Gasteiger partial charge in [-0.05, 0) is 24.3 Å². The predicted molar refractivity (Wildman–Crippen MR) is 82.0 cm³/mol. The zero-order chi connectivity index (χ0) is 14.7. The van der Waals surface area contributed by atoms with E-state index in [1.54, 1.807) is 44.4 Å². The minimum Gasteiger partial charge on any atom is -0.345 e. The first-order valence-corrected chi connectivity index (χ1v) is 6.63. The maximum atomic E-state index is 11.7. The van der Waals surface area contributed by atoms with Crippen molar-refractivity contribution < 1.29 is 4.79 Å². The van der Waals surface area contributed by atoms with Crippen LogP contribution < -0.4 is 5.32 Å². The van der Waals surface area contributed by atoms with Gasteiger partial charge in [0.1, 0.15) is 5.82 Å². The number of pyridine rings is 1. The molecule has 2 rings (SSSR count). The van der Waals surface area contributed by atoms with E-state index >= 15 is 0 Å². The van der Waals surface area contributed by atoms with Crippen molar-refractivity contribution in [1.82, 2.24) is 9.88 Å². The van der Waals surface area contributed by atoms with Crippen LogP contribution in [0.2, 0.25) is 10.0 Å². The van der Waals surface area contributed by atoms with Gasteiger partial charge in [-0.25, -0.2) is 4.98 Å². The van der Waals surface area contributed by atoms with Crippen LogP contribution in [0.1, 0.15) is 10.4 Å². The van der Waals surface area contributed by atoms with E-state index in [4.69, 9.17) is 23.2 Å². The molecule has 1 N–H and O–H groups in total. The summed E-state index contributed by atoms with van der Waals surface area (Å²) in [5, 5.41) is 3.96. The predicted octanol–water partition coefficient (Wildman–Crippen LogP) is 3.83. The van der Waals surface area contributed by atoms with Gasteiger partial charge in [-0.3, -0.25) is 4.79 Å². The van der Waals surface area contributed by atoms with Gasteiger partial charge in [0.05, 0.1) is 21.3 Å². The maximum absolute atomic E-state index is 11.7. The Morgan fingerprint density at radius 2 is 1.95 bits per heavy atom. The molecule has 1 aromatic carbocycles. The molecule has 0 saturated heterocycles. The van der Waals surface area contributed by atoms with Crippen molar-refractivity contribution >= 4 is 40.6 Å². The minimum absolute atomic E-state index is 0.0927. The van der Waals surface area contributed by atoms with Crippen LogP contribution in [-0.4, -0.2) is 29.9 Å². The van der Waals surface area contributed by atoms with Crippen molar-refractivity contribution in [3.8, 4) is 0 Å². The average molecular weight is 310 g/mol. The number of carbonyl (C=O) groups excluding carboxylic acids is 1. The molecule has 1 heterocycles. The van der Waals surface area contributed by atoms with E-state index < -0.39 is 0 Å². The van der Waals surface area contributed by atoms with E-state index in [1.165, 1.54) is 11.1 Å². The standard InChI is InChI=1S/C14H13Cl2N3O/c1-19(2)14(20)9-6-7-12(17-8-9)18-11-5-3-4-10(15)13(11)16/h3-8H,1-2H3,(H,17,18). The number of nitrogens with one attached hydrogen (secondary N) is 1. The molecule has 104 valence electrons. The van der Waals surface area contributed by atoms with Crippen molar-refractivity contribution in [3.63, 3.8) is 0 Å². The minimum atomic E-state index is -0.0927. The molecule has 20 heavy (non-hydrogen) atoms. The summed E-state index contributed by atoms with van der Waals surface area (Å²) in [5.41, 5.74) is 1.19. The molecule has 0 aliphatic carbocycles. The highest BCUT2D eigenvalue weighted by Crippen LogP contribution is 2.31. The van der Waals surface area contributed by atoms with Gasteiger partial charge in [-0.15, -0.1) is 0 Å². The molecular weight excluding hydrogens is 297 g/mol. The third-order valence-electron chi connectivity index (χ3n) is 2.63. The van der Waals surface area contributed by atoms with E-state index in [2.05, 4.69) is 10.3 Å². The number of halogens is 2. The van der Waals surface area contributed by atoms with Crippen molar-refractivity contribution in [2.24, 2.45) is 0 Å². The summed E-state index contributed by atoms with van der Waals surface area (Å²) < 4.78 is 0. The summed E-state index contributed by atoms with van der Waals surface area (Å²) in [6, 6.07) is 8.72. The largest absolute Gasteiger partial charge is 0.345 e. The molecule has 4 nitrogen and oxygen atoms in total. The quantitative estimate of drug-likeness (QED) is 0.937. The number of anilines is 2. The van der Waals surface area contributed by atoms with Gasteiger partial charge in [-0.2, -0.15) is 0 Å². The number of benzene rings is 1. The third-order valence-corrected chi connectivity index (χ3v) is 3.45. The number of hydrogen-bond donors (Lipinski definition) is 1. The highest BCUT2D eigenvalue weighted by Gasteiger charge is 2.09. The lowest BCUT2D eigenvalue weighted by atomic mass is 10.2. The fourth-order valence-electron chi connectivity index (χ4n) is 1.59. The van der Waals surface area contributed by atoms with Crippen LogP contribution in [0.5, 0.6) is 0 Å². The Morgan fingerprint density at radius 3 is 2.55 bits per heavy atom. The Hall–Kier alpha value is -1.78. The molecule has 0 aliphatic rings. The highest BCUT2D eigenvalue weighted by molar-refractivity contribution is 6.43. The maximum Gasteiger partial charge on any atom is 0.254 e. The van der Waals surface area contributed by atoms with Crippen LogP contribution >= 0.6 is 23.2 Å². The smallest absolute Gasteiger partial charge is 0.254 e. The number of nitrogens with zero attached hydrogens (tertiary/aromatic N) is 2. The van der Waals surface area contributed by atoms with Gasteiger partial charge in [0, 0.05) is 20.3 Å². The zero-order valence-corrected chi connectivity index (χ0v) is 12.5. The molecule has 2 aromatic rings. The van der Waals surface area contributed by atoms with E-state index in [9.17, 15) is 4.79 Å². The van der Waals surface area contributed by atoms with Gasteiger partial charge in [-0.1, -0.05) is 29.3 Å². The lowest BCUT2D eigenvalue weighted by molar-refractivity contribution is 0.0827. The Morgan fingerprint density at radius 1 is 1.20 bits per heavy atom. The Balaban J connectivity index is 2.19. The molecule has 0 saturated carbocycles. The van der Waals surface area contributed by atoms with E-state index in [0.717, 1.165) is 0 Å². The lowest BCUT2D eigenvalue weighted by Crippen LogP contribution is -2.21. The Labute approximate surface area is 127 Å². The van der Waals surface area contributed by atoms with Gasteiger partial charge in [0.15, 0.2) is 0 Å². The number of amides is 1. The first-order valence-electron chi connectivity index (χ1n) is 5.88. The fourth-order valence-corrected chi connectivity index (χ4v) is 1.94. The SMILES string of the molecule is CN(C)C(=O)c1ccc(Nc2cccc(Cl)c2Cl)nc1. The fraction of sp³-hybridized carbons (Fsp3) is 0.143. The number of hydrogen-bond acceptors (Lipinski definition) is 3. The second kappa shape index (κ2) is 6.11. The van der Waals surface area contributed by atoms with Gasteiger partial charge in [0.25, 0.3) is 5.91 Å². The van der Waals surface area contributed by atoms with Crippen LogP contribution in [0, 0.1) is 0 Å². The average Bonchev–Trinajstić information content (AvgIpc) is 2.44. The monoisotopic (exact) mass is 309 g/mol. The van der Waals surface area contributed by atoms with Crippen molar-refractivity contribution in [1.29, 1.82) is 0 Å². The first kappa shape index (κ1) is 14.6. The topological polar surface area (TPSA) is 45.2 Å². The highest BCUT2D eigenvalue weighted by atomic mass is 35.5. The molecule has 0 atom stereocenters. The lowest BCUT2D eigenvalue weighted by Gasteiger charge is -2.11. The summed E-state index contributed by atoms with van der Waals surface area (Å²) in [6.07, 6.45) is 1.52. The Kier molecular flexibility index (Phi) is 4.47. The molecule has 0 unspecified atom stereocenters. The van der Waals surface area contributed by atoms with E-state index in [-0.39, 0.29) is 5.91 Å². The molecule has 1 aromatic heterocycles. The number of rotatable bonds is 3. The molecular formula is C14H13Cl2N3O. The zero-order valence-electron chi connectivity index (χ0n) is 11.0. The summed E-state index contributed by atoms with van der Waals surface area (Å²) in [6.45, 7) is 0. The third kappa shape index (κ3) is 3.21. The second-order valence-corrected chi connectivity index (χ2v) is 5.14. The van der Waals surface area contributed by atoms with Crippen LogP contribution in [-0.2, 0) is 0 Å². The Bertz CT molecular complexity index is 627. The van der Waals surface area contributed by atoms with Crippen LogP contribution in [0.3, 0.4) is 0 Å². The summed E-state index contributed by atoms with van der Waals surface area (Å²) in [4.78, 5) is 17.4. The van der Waals surface area contributed by atoms with E-state index in [0.29, 0.717) is 27.1 Å². The second-order valence-electron chi connectivity index (χ2n) is 4.36. The van der Waals surface area contributed by atoms with Crippen LogP contribution in [0.15, 0.2) is 36.5 Å². The summed E-state index contributed by atoms with van der Waals surface area (Å²) in [5.74, 6) is 0.495. The van der Waals surface area contributed by atoms with Gasteiger partial charge >= 0.3 is 0 Å². The van der Waals surface area contributed by atoms with Crippen molar-refractivity contribution in [2.75, 3.05) is 19.4 Å². The summed E-state index contributed by atoms with van der Waals surface area (Å²) in [7, 11) is 3.39. The molecule has 1 amide bonds. The molecule has 6 heteroatoms. The number of aromatic nitrogens is 1. The molecule has 0 aliphatic heterocycles. The van der Waals surface area contributed by atoms with Crippen molar-refractivity contribution in [3.05, 3.63) is 52.1 Å². The normalized spacial score (nSPS) is 10.2. The van der Waals surface area contributed by atoms with Crippen LogP contribution in [0.4, 0.5) is 11.5 Å². The van der Waals surface area contributed by atoms with Crippen molar-refractivity contribution in [2.45, 2.75) is 0 Å². The summed E-state index contributed by atoms with van der Waals surface area (Å²) >= 11 is 12.0. The van der Waals surface area contributed by atoms with Crippen LogP contribution in [0.25, 0.3) is 0 Å².